The predicted octanol–water partition coefficient (Wildman–Crippen LogP) is 0.997. The van der Waals surface area contributed by atoms with Crippen LogP contribution in [-0.4, -0.2) is 56.1 Å². The highest BCUT2D eigenvalue weighted by Gasteiger charge is 2.35. The molecule has 2 unspecified atom stereocenters. The molecule has 0 aromatic carbocycles. The van der Waals surface area contributed by atoms with E-state index >= 15 is 0 Å². The number of rotatable bonds is 4. The summed E-state index contributed by atoms with van der Waals surface area (Å²) in [5, 5.41) is 0. The molecule has 1 heterocycles. The molecule has 0 bridgehead atoms. The maximum atomic E-state index is 5.79. The molecule has 1 aliphatic carbocycles. The Morgan fingerprint density at radius 2 is 1.81 bits per heavy atom. The maximum Gasteiger partial charge on any atom is 0.0136 e. The Kier molecular flexibility index (Phi) is 4.22. The Morgan fingerprint density at radius 1 is 1.12 bits per heavy atom. The molecule has 94 valence electrons. The zero-order chi connectivity index (χ0) is 11.5. The monoisotopic (exact) mass is 225 g/mol. The van der Waals surface area contributed by atoms with Gasteiger partial charge in [0, 0.05) is 12.6 Å². The highest BCUT2D eigenvalue weighted by Crippen LogP contribution is 2.33. The van der Waals surface area contributed by atoms with Crippen molar-refractivity contribution in [1.29, 1.82) is 0 Å². The van der Waals surface area contributed by atoms with Crippen molar-refractivity contribution in [2.75, 3.05) is 40.3 Å². The highest BCUT2D eigenvalue weighted by atomic mass is 15.2. The number of nitrogens with two attached hydrogens (primary N) is 1. The van der Waals surface area contributed by atoms with Gasteiger partial charge in [-0.3, -0.25) is 0 Å². The Labute approximate surface area is 100.0 Å². The van der Waals surface area contributed by atoms with Gasteiger partial charge in [-0.25, -0.2) is 0 Å². The van der Waals surface area contributed by atoms with E-state index in [1.165, 1.54) is 45.3 Å². The molecule has 1 saturated carbocycles. The van der Waals surface area contributed by atoms with Crippen molar-refractivity contribution in [2.24, 2.45) is 17.6 Å². The van der Waals surface area contributed by atoms with Crippen LogP contribution in [0.5, 0.6) is 0 Å². The molecule has 2 aliphatic rings. The summed E-state index contributed by atoms with van der Waals surface area (Å²) in [6.07, 6.45) is 5.51. The molecule has 2 atom stereocenters. The van der Waals surface area contributed by atoms with Crippen LogP contribution in [-0.2, 0) is 0 Å². The largest absolute Gasteiger partial charge is 0.330 e. The van der Waals surface area contributed by atoms with E-state index in [0.717, 1.165) is 24.4 Å². The normalized spacial score (nSPS) is 33.0. The predicted molar refractivity (Wildman–Crippen MR) is 68.4 cm³/mol. The van der Waals surface area contributed by atoms with E-state index in [1.807, 2.05) is 0 Å². The van der Waals surface area contributed by atoms with Gasteiger partial charge in [-0.2, -0.15) is 0 Å². The smallest absolute Gasteiger partial charge is 0.0136 e. The quantitative estimate of drug-likeness (QED) is 0.775. The fourth-order valence-corrected chi connectivity index (χ4v) is 3.29. The standard InChI is InChI=1S/C13H27N3/c1-15(2)10-11-5-7-16(8-6-11)13-4-3-12(13)9-14/h11-13H,3-10,14H2,1-2H3. The van der Waals surface area contributed by atoms with Gasteiger partial charge in [0.25, 0.3) is 0 Å². The Morgan fingerprint density at radius 3 is 2.25 bits per heavy atom. The minimum atomic E-state index is 0.797. The first-order valence-corrected chi connectivity index (χ1v) is 6.79. The third-order valence-corrected chi connectivity index (χ3v) is 4.42. The van der Waals surface area contributed by atoms with Crippen LogP contribution in [0.4, 0.5) is 0 Å². The lowest BCUT2D eigenvalue weighted by Crippen LogP contribution is -2.52. The van der Waals surface area contributed by atoms with Crippen LogP contribution in [0.15, 0.2) is 0 Å². The van der Waals surface area contributed by atoms with Crippen molar-refractivity contribution in [1.82, 2.24) is 9.80 Å². The summed E-state index contributed by atoms with van der Waals surface area (Å²) in [4.78, 5) is 5.03. The first-order chi connectivity index (χ1) is 7.70. The SMILES string of the molecule is CN(C)CC1CCN(C2CCC2CN)CC1. The molecule has 1 aliphatic heterocycles. The highest BCUT2D eigenvalue weighted by molar-refractivity contribution is 4.91. The lowest BCUT2D eigenvalue weighted by atomic mass is 9.77. The van der Waals surface area contributed by atoms with Crippen molar-refractivity contribution in [3.63, 3.8) is 0 Å². The molecule has 1 saturated heterocycles. The average Bonchev–Trinajstić information content (AvgIpc) is 2.19. The average molecular weight is 225 g/mol. The molecule has 0 aromatic heterocycles. The first-order valence-electron chi connectivity index (χ1n) is 6.79. The number of hydrogen-bond acceptors (Lipinski definition) is 3. The van der Waals surface area contributed by atoms with Crippen LogP contribution >= 0.6 is 0 Å². The first kappa shape index (κ1) is 12.3. The molecule has 0 amide bonds. The van der Waals surface area contributed by atoms with Gasteiger partial charge in [0.1, 0.15) is 0 Å². The van der Waals surface area contributed by atoms with Gasteiger partial charge in [-0.05, 0) is 71.2 Å². The molecule has 16 heavy (non-hydrogen) atoms. The second-order valence-electron chi connectivity index (χ2n) is 5.88. The molecule has 3 heteroatoms. The molecule has 2 N–H and O–H groups in total. The summed E-state index contributed by atoms with van der Waals surface area (Å²) >= 11 is 0. The topological polar surface area (TPSA) is 32.5 Å². The van der Waals surface area contributed by atoms with Crippen molar-refractivity contribution in [3.8, 4) is 0 Å². The van der Waals surface area contributed by atoms with Crippen LogP contribution in [0.2, 0.25) is 0 Å². The molecular formula is C13H27N3. The number of nitrogens with zero attached hydrogens (tertiary/aromatic N) is 2. The van der Waals surface area contributed by atoms with E-state index in [-0.39, 0.29) is 0 Å². The van der Waals surface area contributed by atoms with Gasteiger partial charge in [0.2, 0.25) is 0 Å². The zero-order valence-corrected chi connectivity index (χ0v) is 10.9. The van der Waals surface area contributed by atoms with Crippen molar-refractivity contribution in [2.45, 2.75) is 31.7 Å². The molecule has 3 nitrogen and oxygen atoms in total. The van der Waals surface area contributed by atoms with Crippen molar-refractivity contribution in [3.05, 3.63) is 0 Å². The van der Waals surface area contributed by atoms with Gasteiger partial charge < -0.3 is 15.5 Å². The molecule has 0 radical (unpaired) electrons. The third kappa shape index (κ3) is 2.76. The summed E-state index contributed by atoms with van der Waals surface area (Å²) < 4.78 is 0. The minimum Gasteiger partial charge on any atom is -0.330 e. The minimum absolute atomic E-state index is 0.797. The van der Waals surface area contributed by atoms with Gasteiger partial charge in [-0.15, -0.1) is 0 Å². The molecule has 0 aromatic rings. The number of piperidine rings is 1. The number of hydrogen-bond donors (Lipinski definition) is 1. The second-order valence-corrected chi connectivity index (χ2v) is 5.88. The lowest BCUT2D eigenvalue weighted by molar-refractivity contribution is 0.0346. The fourth-order valence-electron chi connectivity index (χ4n) is 3.29. The number of likely N-dealkylation sites (tertiary alicyclic amines) is 1. The van der Waals surface area contributed by atoms with Gasteiger partial charge in [0.05, 0.1) is 0 Å². The molecular weight excluding hydrogens is 198 g/mol. The molecule has 2 rings (SSSR count). The van der Waals surface area contributed by atoms with E-state index in [4.69, 9.17) is 5.73 Å². The van der Waals surface area contributed by atoms with E-state index < -0.39 is 0 Å². The molecule has 0 spiro atoms. The van der Waals surface area contributed by atoms with Crippen LogP contribution in [0.1, 0.15) is 25.7 Å². The van der Waals surface area contributed by atoms with Crippen molar-refractivity contribution >= 4 is 0 Å². The summed E-state index contributed by atoms with van der Waals surface area (Å²) in [7, 11) is 4.37. The Bertz CT molecular complexity index is 207. The second kappa shape index (κ2) is 5.48. The van der Waals surface area contributed by atoms with E-state index in [0.29, 0.717) is 0 Å². The van der Waals surface area contributed by atoms with Crippen LogP contribution in [0, 0.1) is 11.8 Å². The van der Waals surface area contributed by atoms with Gasteiger partial charge in [0.15, 0.2) is 0 Å². The van der Waals surface area contributed by atoms with E-state index in [9.17, 15) is 0 Å². The summed E-state index contributed by atoms with van der Waals surface area (Å²) in [6.45, 7) is 4.76. The third-order valence-electron chi connectivity index (χ3n) is 4.42. The Balaban J connectivity index is 1.73. The van der Waals surface area contributed by atoms with E-state index in [2.05, 4.69) is 23.9 Å². The maximum absolute atomic E-state index is 5.79. The summed E-state index contributed by atoms with van der Waals surface area (Å²) in [5.41, 5.74) is 5.79. The molecule has 2 fully saturated rings. The fraction of sp³-hybridized carbons (Fsp3) is 1.00. The lowest BCUT2D eigenvalue weighted by Gasteiger charge is -2.47. The van der Waals surface area contributed by atoms with E-state index in [1.54, 1.807) is 0 Å². The van der Waals surface area contributed by atoms with Crippen LogP contribution < -0.4 is 5.73 Å². The van der Waals surface area contributed by atoms with Crippen LogP contribution in [0.3, 0.4) is 0 Å². The summed E-state index contributed by atoms with van der Waals surface area (Å²) in [5.74, 6) is 1.72. The van der Waals surface area contributed by atoms with Gasteiger partial charge in [-0.1, -0.05) is 0 Å². The van der Waals surface area contributed by atoms with Crippen molar-refractivity contribution < 1.29 is 0 Å². The Hall–Kier alpha value is -0.120. The van der Waals surface area contributed by atoms with Crippen LogP contribution in [0.25, 0.3) is 0 Å². The zero-order valence-electron chi connectivity index (χ0n) is 10.9. The van der Waals surface area contributed by atoms with Gasteiger partial charge >= 0.3 is 0 Å². The summed E-state index contributed by atoms with van der Waals surface area (Å²) in [6, 6.07) is 0.824.